The molecule has 0 amide bonds. The van der Waals surface area contributed by atoms with Gasteiger partial charge in [0.1, 0.15) is 11.5 Å². The van der Waals surface area contributed by atoms with Gasteiger partial charge in [-0.1, -0.05) is 40.2 Å². The van der Waals surface area contributed by atoms with Gasteiger partial charge in [0.05, 0.1) is 14.2 Å². The first-order chi connectivity index (χ1) is 8.76. The van der Waals surface area contributed by atoms with Crippen molar-refractivity contribution in [2.45, 2.75) is 5.33 Å². The SMILES string of the molecule is COc1cc(OC)cc(-c2ccc(CBr)cc2)c1. The van der Waals surface area contributed by atoms with E-state index >= 15 is 0 Å². The van der Waals surface area contributed by atoms with Gasteiger partial charge in [0.25, 0.3) is 0 Å². The van der Waals surface area contributed by atoms with Gasteiger partial charge in [0.2, 0.25) is 0 Å². The molecule has 2 aromatic rings. The van der Waals surface area contributed by atoms with E-state index in [2.05, 4.69) is 40.2 Å². The highest BCUT2D eigenvalue weighted by Gasteiger charge is 2.04. The maximum absolute atomic E-state index is 5.28. The van der Waals surface area contributed by atoms with Crippen LogP contribution in [0.1, 0.15) is 5.56 Å². The molecular weight excluding hydrogens is 292 g/mol. The number of rotatable bonds is 4. The second-order valence-corrected chi connectivity index (χ2v) is 4.49. The molecule has 0 atom stereocenters. The number of benzene rings is 2. The summed E-state index contributed by atoms with van der Waals surface area (Å²) in [4.78, 5) is 0. The van der Waals surface area contributed by atoms with Gasteiger partial charge in [-0.2, -0.15) is 0 Å². The van der Waals surface area contributed by atoms with Crippen molar-refractivity contribution in [3.05, 3.63) is 48.0 Å². The van der Waals surface area contributed by atoms with Crippen molar-refractivity contribution in [3.63, 3.8) is 0 Å². The van der Waals surface area contributed by atoms with Crippen LogP contribution in [0.3, 0.4) is 0 Å². The molecule has 0 N–H and O–H groups in total. The Bertz CT molecular complexity index is 498. The van der Waals surface area contributed by atoms with Crippen LogP contribution in [0.15, 0.2) is 42.5 Å². The molecular formula is C15H15BrO2. The maximum atomic E-state index is 5.28. The number of halogens is 1. The minimum absolute atomic E-state index is 0.800. The molecule has 0 aliphatic rings. The third kappa shape index (κ3) is 2.85. The minimum atomic E-state index is 0.800. The van der Waals surface area contributed by atoms with Crippen LogP contribution in [0.25, 0.3) is 11.1 Å². The lowest BCUT2D eigenvalue weighted by Crippen LogP contribution is -1.89. The Morgan fingerprint density at radius 3 is 1.83 bits per heavy atom. The average molecular weight is 307 g/mol. The van der Waals surface area contributed by atoms with Crippen molar-refractivity contribution < 1.29 is 9.47 Å². The number of hydrogen-bond donors (Lipinski definition) is 0. The molecule has 0 saturated heterocycles. The van der Waals surface area contributed by atoms with Gasteiger partial charge < -0.3 is 9.47 Å². The molecule has 0 aliphatic carbocycles. The molecule has 0 radical (unpaired) electrons. The Morgan fingerprint density at radius 1 is 0.833 bits per heavy atom. The third-order valence-electron chi connectivity index (χ3n) is 2.79. The van der Waals surface area contributed by atoms with Crippen LogP contribution >= 0.6 is 15.9 Å². The van der Waals surface area contributed by atoms with Crippen LogP contribution in [-0.4, -0.2) is 14.2 Å². The lowest BCUT2D eigenvalue weighted by atomic mass is 10.0. The average Bonchev–Trinajstić information content (AvgIpc) is 2.46. The van der Waals surface area contributed by atoms with Gasteiger partial charge in [-0.3, -0.25) is 0 Å². The zero-order valence-electron chi connectivity index (χ0n) is 10.4. The summed E-state index contributed by atoms with van der Waals surface area (Å²) in [5, 5.41) is 0.870. The van der Waals surface area contributed by atoms with E-state index in [1.165, 1.54) is 5.56 Å². The number of alkyl halides is 1. The standard InChI is InChI=1S/C15H15BrO2/c1-17-14-7-13(8-15(9-14)18-2)12-5-3-11(10-16)4-6-12/h3-9H,10H2,1-2H3. The van der Waals surface area contributed by atoms with E-state index in [1.807, 2.05) is 18.2 Å². The zero-order chi connectivity index (χ0) is 13.0. The smallest absolute Gasteiger partial charge is 0.123 e. The summed E-state index contributed by atoms with van der Waals surface area (Å²) in [6.07, 6.45) is 0. The highest BCUT2D eigenvalue weighted by Crippen LogP contribution is 2.29. The Hall–Kier alpha value is -1.48. The molecule has 0 spiro atoms. The van der Waals surface area contributed by atoms with Crippen LogP contribution in [-0.2, 0) is 5.33 Å². The highest BCUT2D eigenvalue weighted by molar-refractivity contribution is 9.08. The van der Waals surface area contributed by atoms with Crippen molar-refractivity contribution in [1.29, 1.82) is 0 Å². The lowest BCUT2D eigenvalue weighted by molar-refractivity contribution is 0.394. The van der Waals surface area contributed by atoms with Crippen LogP contribution in [0.2, 0.25) is 0 Å². The monoisotopic (exact) mass is 306 g/mol. The quantitative estimate of drug-likeness (QED) is 0.786. The van der Waals surface area contributed by atoms with Crippen LogP contribution in [0.5, 0.6) is 11.5 Å². The molecule has 0 unspecified atom stereocenters. The van der Waals surface area contributed by atoms with E-state index in [-0.39, 0.29) is 0 Å². The molecule has 0 saturated carbocycles. The molecule has 2 nitrogen and oxygen atoms in total. The Labute approximate surface area is 116 Å². The summed E-state index contributed by atoms with van der Waals surface area (Å²) in [6.45, 7) is 0. The predicted octanol–water partition coefficient (Wildman–Crippen LogP) is 4.27. The van der Waals surface area contributed by atoms with Gasteiger partial charge in [0.15, 0.2) is 0 Å². The van der Waals surface area contributed by atoms with Crippen molar-refractivity contribution in [1.82, 2.24) is 0 Å². The van der Waals surface area contributed by atoms with Crippen molar-refractivity contribution in [2.75, 3.05) is 14.2 Å². The minimum Gasteiger partial charge on any atom is -0.497 e. The molecule has 0 bridgehead atoms. The predicted molar refractivity (Wildman–Crippen MR) is 77.6 cm³/mol. The normalized spacial score (nSPS) is 10.2. The summed E-state index contributed by atoms with van der Waals surface area (Å²) in [7, 11) is 3.32. The fraction of sp³-hybridized carbons (Fsp3) is 0.200. The van der Waals surface area contributed by atoms with E-state index in [1.54, 1.807) is 14.2 Å². The van der Waals surface area contributed by atoms with Gasteiger partial charge in [-0.25, -0.2) is 0 Å². The summed E-state index contributed by atoms with van der Waals surface area (Å²) < 4.78 is 10.6. The van der Waals surface area contributed by atoms with E-state index in [4.69, 9.17) is 9.47 Å². The maximum Gasteiger partial charge on any atom is 0.123 e. The Balaban J connectivity index is 2.41. The molecule has 2 rings (SSSR count). The molecule has 0 aliphatic heterocycles. The van der Waals surface area contributed by atoms with Crippen LogP contribution in [0.4, 0.5) is 0 Å². The lowest BCUT2D eigenvalue weighted by Gasteiger charge is -2.09. The molecule has 0 fully saturated rings. The fourth-order valence-corrected chi connectivity index (χ4v) is 2.13. The highest BCUT2D eigenvalue weighted by atomic mass is 79.9. The second-order valence-electron chi connectivity index (χ2n) is 3.93. The first-order valence-corrected chi connectivity index (χ1v) is 6.77. The number of hydrogen-bond acceptors (Lipinski definition) is 2. The molecule has 3 heteroatoms. The topological polar surface area (TPSA) is 18.5 Å². The van der Waals surface area contributed by atoms with Crippen molar-refractivity contribution in [2.24, 2.45) is 0 Å². The van der Waals surface area contributed by atoms with Gasteiger partial charge in [0, 0.05) is 11.4 Å². The number of ether oxygens (including phenoxy) is 2. The van der Waals surface area contributed by atoms with Gasteiger partial charge in [-0.15, -0.1) is 0 Å². The molecule has 0 aromatic heterocycles. The van der Waals surface area contributed by atoms with Crippen molar-refractivity contribution >= 4 is 15.9 Å². The summed E-state index contributed by atoms with van der Waals surface area (Å²) in [5.41, 5.74) is 3.50. The second kappa shape index (κ2) is 5.91. The van der Waals surface area contributed by atoms with Crippen LogP contribution < -0.4 is 9.47 Å². The molecule has 94 valence electrons. The molecule has 0 heterocycles. The van der Waals surface area contributed by atoms with E-state index in [9.17, 15) is 0 Å². The van der Waals surface area contributed by atoms with E-state index in [0.717, 1.165) is 28.0 Å². The third-order valence-corrected chi connectivity index (χ3v) is 3.44. The van der Waals surface area contributed by atoms with E-state index in [0.29, 0.717) is 0 Å². The summed E-state index contributed by atoms with van der Waals surface area (Å²) in [5.74, 6) is 1.60. The Kier molecular flexibility index (Phi) is 4.26. The van der Waals surface area contributed by atoms with Gasteiger partial charge >= 0.3 is 0 Å². The number of methoxy groups -OCH3 is 2. The Morgan fingerprint density at radius 2 is 1.39 bits per heavy atom. The van der Waals surface area contributed by atoms with Gasteiger partial charge in [-0.05, 0) is 28.8 Å². The molecule has 18 heavy (non-hydrogen) atoms. The van der Waals surface area contributed by atoms with Crippen molar-refractivity contribution in [3.8, 4) is 22.6 Å². The first-order valence-electron chi connectivity index (χ1n) is 5.65. The largest absolute Gasteiger partial charge is 0.497 e. The summed E-state index contributed by atoms with van der Waals surface area (Å²) in [6, 6.07) is 14.3. The van der Waals surface area contributed by atoms with Crippen LogP contribution in [0, 0.1) is 0 Å². The van der Waals surface area contributed by atoms with E-state index < -0.39 is 0 Å². The fourth-order valence-electron chi connectivity index (χ4n) is 1.76. The summed E-state index contributed by atoms with van der Waals surface area (Å²) >= 11 is 3.44. The molecule has 2 aromatic carbocycles. The first kappa shape index (κ1) is 13.0. The zero-order valence-corrected chi connectivity index (χ0v) is 12.0.